The average molecular weight is 142 g/mol. The van der Waals surface area contributed by atoms with Gasteiger partial charge >= 0.3 is 0 Å². The second-order valence-corrected chi connectivity index (χ2v) is 5.68. The van der Waals surface area contributed by atoms with Gasteiger partial charge in [0.05, 0.1) is 0 Å². The lowest BCUT2D eigenvalue weighted by molar-refractivity contribution is 0.113. The minimum absolute atomic E-state index is 0.674. The molecule has 0 rings (SSSR count). The van der Waals surface area contributed by atoms with Crippen LogP contribution < -0.4 is 0 Å². The standard InChI is InChI=1S/C4H9F2OP/c1-4(5,6)8(2,3)7/h1-3H3. The maximum absolute atomic E-state index is 12.0. The highest BCUT2D eigenvalue weighted by Crippen LogP contribution is 2.53. The maximum atomic E-state index is 12.0. The highest BCUT2D eigenvalue weighted by Gasteiger charge is 2.36. The Labute approximate surface area is 47.5 Å². The van der Waals surface area contributed by atoms with Crippen LogP contribution in [0.3, 0.4) is 0 Å². The van der Waals surface area contributed by atoms with Crippen LogP contribution in [0.15, 0.2) is 0 Å². The average Bonchev–Trinajstić information content (AvgIpc) is 1.25. The molecular weight excluding hydrogens is 133 g/mol. The van der Waals surface area contributed by atoms with E-state index in [1.807, 2.05) is 0 Å². The molecule has 0 heterocycles. The Morgan fingerprint density at radius 2 is 1.50 bits per heavy atom. The molecule has 0 aromatic heterocycles. The van der Waals surface area contributed by atoms with Gasteiger partial charge in [0.2, 0.25) is 0 Å². The van der Waals surface area contributed by atoms with Crippen molar-refractivity contribution in [2.75, 3.05) is 13.3 Å². The fourth-order valence-electron chi connectivity index (χ4n) is 0. The SMILES string of the molecule is CC(F)(F)P(C)(C)=O. The molecule has 0 spiro atoms. The molecule has 4 heteroatoms. The molecule has 0 amide bonds. The van der Waals surface area contributed by atoms with Gasteiger partial charge in [0.1, 0.15) is 7.14 Å². The van der Waals surface area contributed by atoms with Crippen molar-refractivity contribution < 1.29 is 13.3 Å². The summed E-state index contributed by atoms with van der Waals surface area (Å²) >= 11 is 0. The summed E-state index contributed by atoms with van der Waals surface area (Å²) in [7, 11) is -3.18. The fourth-order valence-corrected chi connectivity index (χ4v) is 0. The molecule has 0 aliphatic heterocycles. The molecule has 0 aromatic rings. The predicted molar refractivity (Wildman–Crippen MR) is 30.1 cm³/mol. The lowest BCUT2D eigenvalue weighted by Crippen LogP contribution is -2.07. The van der Waals surface area contributed by atoms with Gasteiger partial charge in [-0.25, -0.2) is 0 Å². The van der Waals surface area contributed by atoms with Crippen molar-refractivity contribution in [3.8, 4) is 0 Å². The van der Waals surface area contributed by atoms with Crippen LogP contribution in [0.4, 0.5) is 8.78 Å². The number of hydrogen-bond acceptors (Lipinski definition) is 1. The first-order chi connectivity index (χ1) is 3.25. The summed E-state index contributed by atoms with van der Waals surface area (Å²) in [5.41, 5.74) is -3.01. The first-order valence-electron chi connectivity index (χ1n) is 2.18. The minimum atomic E-state index is -3.18. The number of rotatable bonds is 1. The molecular formula is C4H9F2OP. The molecule has 0 aliphatic carbocycles. The Morgan fingerprint density at radius 3 is 1.50 bits per heavy atom. The Morgan fingerprint density at radius 1 is 1.38 bits per heavy atom. The zero-order valence-electron chi connectivity index (χ0n) is 5.11. The molecule has 0 aromatic carbocycles. The predicted octanol–water partition coefficient (Wildman–Crippen LogP) is 2.22. The molecule has 1 nitrogen and oxygen atoms in total. The summed E-state index contributed by atoms with van der Waals surface area (Å²) < 4.78 is 34.4. The summed E-state index contributed by atoms with van der Waals surface area (Å²) in [6.45, 7) is 2.83. The third-order valence-corrected chi connectivity index (χ3v) is 2.84. The number of halogens is 2. The van der Waals surface area contributed by atoms with Crippen molar-refractivity contribution in [2.45, 2.75) is 12.6 Å². The topological polar surface area (TPSA) is 17.1 Å². The summed E-state index contributed by atoms with van der Waals surface area (Å²) in [5.74, 6) is 0. The first kappa shape index (κ1) is 8.09. The third kappa shape index (κ3) is 1.91. The smallest absolute Gasteiger partial charge is 0.294 e. The van der Waals surface area contributed by atoms with E-state index >= 15 is 0 Å². The molecule has 0 unspecified atom stereocenters. The second kappa shape index (κ2) is 1.80. The van der Waals surface area contributed by atoms with Gasteiger partial charge in [0.25, 0.3) is 5.66 Å². The van der Waals surface area contributed by atoms with Gasteiger partial charge in [-0.15, -0.1) is 0 Å². The van der Waals surface area contributed by atoms with Gasteiger partial charge in [-0.05, 0) is 13.3 Å². The van der Waals surface area contributed by atoms with Crippen LogP contribution in [0.2, 0.25) is 0 Å². The highest BCUT2D eigenvalue weighted by atomic mass is 31.2. The largest absolute Gasteiger partial charge is 0.318 e. The zero-order chi connectivity index (χ0) is 7.00. The molecule has 0 N–H and O–H groups in total. The normalized spacial score (nSPS) is 14.1. The lowest BCUT2D eigenvalue weighted by Gasteiger charge is -2.14. The summed E-state index contributed by atoms with van der Waals surface area (Å²) in [6.07, 6.45) is 0. The van der Waals surface area contributed by atoms with Gasteiger partial charge in [-0.3, -0.25) is 0 Å². The van der Waals surface area contributed by atoms with E-state index in [0.29, 0.717) is 6.92 Å². The van der Waals surface area contributed by atoms with Crippen LogP contribution in [-0.2, 0) is 4.57 Å². The monoisotopic (exact) mass is 142 g/mol. The number of alkyl halides is 2. The Hall–Kier alpha value is 0.0900. The van der Waals surface area contributed by atoms with Crippen molar-refractivity contribution in [3.63, 3.8) is 0 Å². The minimum Gasteiger partial charge on any atom is -0.318 e. The van der Waals surface area contributed by atoms with Crippen LogP contribution in [-0.4, -0.2) is 19.0 Å². The van der Waals surface area contributed by atoms with E-state index in [1.54, 1.807) is 0 Å². The van der Waals surface area contributed by atoms with Crippen molar-refractivity contribution >= 4 is 7.14 Å². The quantitative estimate of drug-likeness (QED) is 0.513. The van der Waals surface area contributed by atoms with Crippen molar-refractivity contribution in [2.24, 2.45) is 0 Å². The summed E-state index contributed by atoms with van der Waals surface area (Å²) in [5, 5.41) is 0. The highest BCUT2D eigenvalue weighted by molar-refractivity contribution is 7.63. The van der Waals surface area contributed by atoms with Crippen molar-refractivity contribution in [1.29, 1.82) is 0 Å². The van der Waals surface area contributed by atoms with Gasteiger partial charge in [0, 0.05) is 6.92 Å². The Balaban J connectivity index is 4.26. The van der Waals surface area contributed by atoms with Crippen LogP contribution in [0, 0.1) is 0 Å². The molecule has 0 saturated heterocycles. The molecule has 0 saturated carbocycles. The van der Waals surface area contributed by atoms with E-state index in [0.717, 1.165) is 13.3 Å². The summed E-state index contributed by atoms with van der Waals surface area (Å²) in [4.78, 5) is 0. The molecule has 0 fully saturated rings. The first-order valence-corrected chi connectivity index (χ1v) is 4.78. The molecule has 8 heavy (non-hydrogen) atoms. The van der Waals surface area contributed by atoms with Gasteiger partial charge in [-0.2, -0.15) is 8.78 Å². The Bertz CT molecular complexity index is 120. The van der Waals surface area contributed by atoms with E-state index in [2.05, 4.69) is 0 Å². The molecule has 0 aliphatic rings. The van der Waals surface area contributed by atoms with E-state index in [1.165, 1.54) is 0 Å². The van der Waals surface area contributed by atoms with E-state index < -0.39 is 12.8 Å². The molecule has 0 radical (unpaired) electrons. The molecule has 0 bridgehead atoms. The molecule has 0 atom stereocenters. The summed E-state index contributed by atoms with van der Waals surface area (Å²) in [6, 6.07) is 0. The van der Waals surface area contributed by atoms with Gasteiger partial charge < -0.3 is 4.57 Å². The third-order valence-electron chi connectivity index (χ3n) is 0.946. The van der Waals surface area contributed by atoms with E-state index in [9.17, 15) is 13.3 Å². The van der Waals surface area contributed by atoms with Crippen LogP contribution in [0.5, 0.6) is 0 Å². The van der Waals surface area contributed by atoms with E-state index in [-0.39, 0.29) is 0 Å². The Kier molecular flexibility index (Phi) is 1.82. The van der Waals surface area contributed by atoms with Crippen molar-refractivity contribution in [3.05, 3.63) is 0 Å². The van der Waals surface area contributed by atoms with Crippen LogP contribution >= 0.6 is 7.14 Å². The van der Waals surface area contributed by atoms with Crippen molar-refractivity contribution in [1.82, 2.24) is 0 Å². The zero-order valence-corrected chi connectivity index (χ0v) is 6.01. The van der Waals surface area contributed by atoms with Crippen LogP contribution in [0.1, 0.15) is 6.92 Å². The van der Waals surface area contributed by atoms with Crippen LogP contribution in [0.25, 0.3) is 0 Å². The maximum Gasteiger partial charge on any atom is 0.294 e. The fraction of sp³-hybridized carbons (Fsp3) is 1.00. The second-order valence-electron chi connectivity index (χ2n) is 2.19. The van der Waals surface area contributed by atoms with E-state index in [4.69, 9.17) is 0 Å². The van der Waals surface area contributed by atoms with Gasteiger partial charge in [-0.1, -0.05) is 0 Å². The lowest BCUT2D eigenvalue weighted by atomic mass is 10.9. The number of hydrogen-bond donors (Lipinski definition) is 0. The molecule has 50 valence electrons. The van der Waals surface area contributed by atoms with Gasteiger partial charge in [0.15, 0.2) is 0 Å².